The quantitative estimate of drug-likeness (QED) is 0.224. The van der Waals surface area contributed by atoms with E-state index >= 15 is 0 Å². The summed E-state index contributed by atoms with van der Waals surface area (Å²) in [7, 11) is 0. The highest BCUT2D eigenvalue weighted by molar-refractivity contribution is 5.99. The standard InChI is InChI=1S/C21H21N5O3/c1-15(16-6-4-7-18(12-16)26(28)29)22-11-5-10-21(27)25-24-14-17-13-23-20-9-3-2-8-19(17)20/h2-4,6-9,12-14,22-23H,1,5,10-11H2,(H,25,27). The lowest BCUT2D eigenvalue weighted by Gasteiger charge is -2.09. The molecule has 1 aromatic heterocycles. The molecule has 0 aliphatic carbocycles. The van der Waals surface area contributed by atoms with Gasteiger partial charge in [0.1, 0.15) is 0 Å². The molecule has 0 bridgehead atoms. The van der Waals surface area contributed by atoms with Gasteiger partial charge in [0.2, 0.25) is 5.91 Å². The molecule has 0 aliphatic heterocycles. The Morgan fingerprint density at radius 2 is 2.07 bits per heavy atom. The Bertz CT molecular complexity index is 1070. The van der Waals surface area contributed by atoms with Crippen LogP contribution < -0.4 is 10.7 Å². The zero-order valence-corrected chi connectivity index (χ0v) is 15.7. The van der Waals surface area contributed by atoms with Crippen molar-refractivity contribution in [3.8, 4) is 0 Å². The molecule has 0 saturated carbocycles. The van der Waals surface area contributed by atoms with Crippen molar-refractivity contribution in [1.29, 1.82) is 0 Å². The Morgan fingerprint density at radius 3 is 2.90 bits per heavy atom. The van der Waals surface area contributed by atoms with Crippen LogP contribution in [0.2, 0.25) is 0 Å². The van der Waals surface area contributed by atoms with Crippen molar-refractivity contribution in [2.75, 3.05) is 6.54 Å². The largest absolute Gasteiger partial charge is 0.385 e. The molecule has 8 heteroatoms. The third kappa shape index (κ3) is 5.29. The summed E-state index contributed by atoms with van der Waals surface area (Å²) in [6, 6.07) is 14.1. The summed E-state index contributed by atoms with van der Waals surface area (Å²) in [5.74, 6) is -0.191. The zero-order valence-electron chi connectivity index (χ0n) is 15.7. The second kappa shape index (κ2) is 9.32. The summed E-state index contributed by atoms with van der Waals surface area (Å²) in [6.45, 7) is 4.40. The van der Waals surface area contributed by atoms with Gasteiger partial charge in [0.05, 0.1) is 11.1 Å². The Hall–Kier alpha value is -3.94. The smallest absolute Gasteiger partial charge is 0.270 e. The van der Waals surface area contributed by atoms with Gasteiger partial charge in [-0.15, -0.1) is 0 Å². The lowest BCUT2D eigenvalue weighted by molar-refractivity contribution is -0.384. The van der Waals surface area contributed by atoms with E-state index in [0.29, 0.717) is 30.6 Å². The van der Waals surface area contributed by atoms with Gasteiger partial charge < -0.3 is 10.3 Å². The first-order chi connectivity index (χ1) is 14.0. The number of nitrogens with zero attached hydrogens (tertiary/aromatic N) is 2. The van der Waals surface area contributed by atoms with Crippen molar-refractivity contribution < 1.29 is 9.72 Å². The number of aromatic amines is 1. The van der Waals surface area contributed by atoms with Crippen LogP contribution in [0.1, 0.15) is 24.0 Å². The van der Waals surface area contributed by atoms with Crippen LogP contribution in [0.4, 0.5) is 5.69 Å². The van der Waals surface area contributed by atoms with Crippen LogP contribution in [0, 0.1) is 10.1 Å². The molecule has 8 nitrogen and oxygen atoms in total. The fourth-order valence-electron chi connectivity index (χ4n) is 2.83. The van der Waals surface area contributed by atoms with Crippen molar-refractivity contribution in [3.63, 3.8) is 0 Å². The van der Waals surface area contributed by atoms with Gasteiger partial charge in [-0.25, -0.2) is 5.43 Å². The van der Waals surface area contributed by atoms with E-state index in [-0.39, 0.29) is 11.6 Å². The summed E-state index contributed by atoms with van der Waals surface area (Å²) in [4.78, 5) is 25.4. The van der Waals surface area contributed by atoms with Crippen LogP contribution >= 0.6 is 0 Å². The van der Waals surface area contributed by atoms with Crippen molar-refractivity contribution in [2.24, 2.45) is 5.10 Å². The minimum atomic E-state index is -0.447. The van der Waals surface area contributed by atoms with Gasteiger partial charge in [-0.1, -0.05) is 36.9 Å². The molecule has 0 saturated heterocycles. The van der Waals surface area contributed by atoms with Crippen molar-refractivity contribution in [1.82, 2.24) is 15.7 Å². The molecule has 0 fully saturated rings. The maximum absolute atomic E-state index is 11.9. The lowest BCUT2D eigenvalue weighted by atomic mass is 10.1. The Kier molecular flexibility index (Phi) is 6.36. The Balaban J connectivity index is 1.40. The van der Waals surface area contributed by atoms with Gasteiger partial charge in [-0.2, -0.15) is 5.10 Å². The SMILES string of the molecule is C=C(NCCCC(=O)NN=Cc1c[nH]c2ccccc12)c1cccc([N+](=O)[O-])c1. The van der Waals surface area contributed by atoms with Crippen LogP contribution in [0.15, 0.2) is 66.4 Å². The number of hydrogen-bond donors (Lipinski definition) is 3. The number of para-hydroxylation sites is 1. The molecule has 148 valence electrons. The molecule has 0 aliphatic rings. The number of carbonyl (C=O) groups is 1. The maximum atomic E-state index is 11.9. The molecule has 2 aromatic carbocycles. The van der Waals surface area contributed by atoms with E-state index < -0.39 is 4.92 Å². The van der Waals surface area contributed by atoms with Crippen molar-refractivity contribution >= 4 is 34.4 Å². The van der Waals surface area contributed by atoms with Gasteiger partial charge in [0.25, 0.3) is 5.69 Å². The van der Waals surface area contributed by atoms with Crippen molar-refractivity contribution in [2.45, 2.75) is 12.8 Å². The third-order valence-corrected chi connectivity index (χ3v) is 4.34. The number of nitro groups is 1. The lowest BCUT2D eigenvalue weighted by Crippen LogP contribution is -2.20. The molecule has 0 radical (unpaired) electrons. The number of aromatic nitrogens is 1. The van der Waals surface area contributed by atoms with Gasteiger partial charge >= 0.3 is 0 Å². The monoisotopic (exact) mass is 391 g/mol. The van der Waals surface area contributed by atoms with Crippen LogP contribution in [0.3, 0.4) is 0 Å². The molecule has 29 heavy (non-hydrogen) atoms. The highest BCUT2D eigenvalue weighted by Gasteiger charge is 2.08. The first-order valence-corrected chi connectivity index (χ1v) is 9.10. The van der Waals surface area contributed by atoms with E-state index in [0.717, 1.165) is 16.5 Å². The number of H-pyrrole nitrogens is 1. The Labute approximate surface area is 167 Å². The van der Waals surface area contributed by atoms with Gasteiger partial charge in [0.15, 0.2) is 0 Å². The molecule has 0 unspecified atom stereocenters. The summed E-state index contributed by atoms with van der Waals surface area (Å²) >= 11 is 0. The zero-order chi connectivity index (χ0) is 20.6. The number of fused-ring (bicyclic) bond motifs is 1. The van der Waals surface area contributed by atoms with Crippen molar-refractivity contribution in [3.05, 3.63) is 82.5 Å². The molecule has 1 amide bonds. The first-order valence-electron chi connectivity index (χ1n) is 9.10. The third-order valence-electron chi connectivity index (χ3n) is 4.34. The molecular weight excluding hydrogens is 370 g/mol. The highest BCUT2D eigenvalue weighted by atomic mass is 16.6. The summed E-state index contributed by atoms with van der Waals surface area (Å²) in [6.07, 6.45) is 4.31. The van der Waals surface area contributed by atoms with Crippen LogP contribution in [0.25, 0.3) is 16.6 Å². The number of carbonyl (C=O) groups excluding carboxylic acids is 1. The fourth-order valence-corrected chi connectivity index (χ4v) is 2.83. The molecule has 0 atom stereocenters. The molecule has 3 N–H and O–H groups in total. The summed E-state index contributed by atoms with van der Waals surface area (Å²) < 4.78 is 0. The number of hydrazone groups is 1. The second-order valence-corrected chi connectivity index (χ2v) is 6.40. The van der Waals surface area contributed by atoms with Crippen LogP contribution in [-0.2, 0) is 4.79 Å². The number of hydrogen-bond acceptors (Lipinski definition) is 5. The van der Waals surface area contributed by atoms with E-state index in [1.165, 1.54) is 12.1 Å². The minimum Gasteiger partial charge on any atom is -0.385 e. The van der Waals surface area contributed by atoms with Gasteiger partial charge in [-0.05, 0) is 12.5 Å². The molecule has 3 rings (SSSR count). The maximum Gasteiger partial charge on any atom is 0.270 e. The van der Waals surface area contributed by atoms with Crippen LogP contribution in [0.5, 0.6) is 0 Å². The van der Waals surface area contributed by atoms with E-state index in [4.69, 9.17) is 0 Å². The average molecular weight is 391 g/mol. The van der Waals surface area contributed by atoms with E-state index in [1.807, 2.05) is 30.5 Å². The van der Waals surface area contributed by atoms with Gasteiger partial charge in [-0.3, -0.25) is 14.9 Å². The molecule has 0 spiro atoms. The molecular formula is C21H21N5O3. The molecule has 1 heterocycles. The molecule has 3 aromatic rings. The fraction of sp³-hybridized carbons (Fsp3) is 0.143. The van der Waals surface area contributed by atoms with E-state index in [1.54, 1.807) is 18.3 Å². The summed E-state index contributed by atoms with van der Waals surface area (Å²) in [5.41, 5.74) is 5.66. The number of nitro benzene ring substituents is 1. The van der Waals surface area contributed by atoms with Gasteiger partial charge in [0, 0.05) is 59.0 Å². The van der Waals surface area contributed by atoms with E-state index in [9.17, 15) is 14.9 Å². The topological polar surface area (TPSA) is 112 Å². The minimum absolute atomic E-state index is 0.0119. The highest BCUT2D eigenvalue weighted by Crippen LogP contribution is 2.17. The Morgan fingerprint density at radius 1 is 1.24 bits per heavy atom. The van der Waals surface area contributed by atoms with Crippen LogP contribution in [-0.4, -0.2) is 28.6 Å². The predicted octanol–water partition coefficient (Wildman–Crippen LogP) is 3.57. The normalized spacial score (nSPS) is 10.9. The number of amides is 1. The number of non-ortho nitro benzene ring substituents is 1. The summed E-state index contributed by atoms with van der Waals surface area (Å²) in [5, 5.41) is 19.0. The number of nitrogens with one attached hydrogen (secondary N) is 3. The number of rotatable bonds is 9. The first kappa shape index (κ1) is 19.8. The van der Waals surface area contributed by atoms with E-state index in [2.05, 4.69) is 27.4 Å². The second-order valence-electron chi connectivity index (χ2n) is 6.40. The average Bonchev–Trinajstić information content (AvgIpc) is 3.14. The number of benzene rings is 2. The predicted molar refractivity (Wildman–Crippen MR) is 113 cm³/mol.